The molecule has 1 aromatic heterocycles. The maximum absolute atomic E-state index is 13.0. The van der Waals surface area contributed by atoms with Gasteiger partial charge in [-0.2, -0.15) is 0 Å². The Morgan fingerprint density at radius 2 is 1.83 bits per heavy atom. The Hall–Kier alpha value is -2.95. The molecule has 0 amide bonds. The molecule has 0 aliphatic heterocycles. The standard InChI is InChI=1S/C19H16FNO3/c1-23-18-16(19(22)24-2)8-5-14-10-13(11-21-17(14)18)9-12-3-6-15(20)7-4-12/h3-8,10-11H,9H2,1-2H3. The van der Waals surface area contributed by atoms with Crippen molar-refractivity contribution in [1.29, 1.82) is 0 Å². The number of esters is 1. The SMILES string of the molecule is COC(=O)c1ccc2cc(Cc3ccc(F)cc3)cnc2c1OC. The highest BCUT2D eigenvalue weighted by Gasteiger charge is 2.16. The van der Waals surface area contributed by atoms with Gasteiger partial charge in [0, 0.05) is 11.6 Å². The van der Waals surface area contributed by atoms with Crippen molar-refractivity contribution >= 4 is 16.9 Å². The number of halogens is 1. The first-order chi connectivity index (χ1) is 11.6. The van der Waals surface area contributed by atoms with Gasteiger partial charge in [-0.1, -0.05) is 18.2 Å². The molecule has 0 fully saturated rings. The number of hydrogen-bond donors (Lipinski definition) is 0. The molecule has 2 aromatic carbocycles. The number of carbonyl (C=O) groups excluding carboxylic acids is 1. The van der Waals surface area contributed by atoms with E-state index in [1.165, 1.54) is 26.4 Å². The average Bonchev–Trinajstić information content (AvgIpc) is 2.61. The molecule has 0 N–H and O–H groups in total. The van der Waals surface area contributed by atoms with Crippen LogP contribution >= 0.6 is 0 Å². The number of methoxy groups -OCH3 is 2. The quantitative estimate of drug-likeness (QED) is 0.685. The number of nitrogens with zero attached hydrogens (tertiary/aromatic N) is 1. The first-order valence-electron chi connectivity index (χ1n) is 7.40. The molecule has 0 saturated carbocycles. The highest BCUT2D eigenvalue weighted by Crippen LogP contribution is 2.29. The molecule has 0 spiro atoms. The second-order valence-corrected chi connectivity index (χ2v) is 5.36. The van der Waals surface area contributed by atoms with Crippen LogP contribution in [-0.4, -0.2) is 25.2 Å². The van der Waals surface area contributed by atoms with Crippen LogP contribution in [0.4, 0.5) is 4.39 Å². The summed E-state index contributed by atoms with van der Waals surface area (Å²) in [5.74, 6) is -0.325. The molecule has 4 nitrogen and oxygen atoms in total. The summed E-state index contributed by atoms with van der Waals surface area (Å²) >= 11 is 0. The van der Waals surface area contributed by atoms with Gasteiger partial charge in [-0.3, -0.25) is 4.98 Å². The summed E-state index contributed by atoms with van der Waals surface area (Å²) in [5.41, 5.74) is 2.92. The fourth-order valence-corrected chi connectivity index (χ4v) is 2.63. The van der Waals surface area contributed by atoms with Crippen LogP contribution in [0.1, 0.15) is 21.5 Å². The van der Waals surface area contributed by atoms with E-state index in [0.717, 1.165) is 16.5 Å². The molecule has 122 valence electrons. The molecule has 0 bridgehead atoms. The van der Waals surface area contributed by atoms with Gasteiger partial charge in [0.15, 0.2) is 5.75 Å². The zero-order valence-electron chi connectivity index (χ0n) is 13.4. The van der Waals surface area contributed by atoms with Crippen LogP contribution in [0.15, 0.2) is 48.7 Å². The van der Waals surface area contributed by atoms with Crippen LogP contribution in [-0.2, 0) is 11.2 Å². The summed E-state index contributed by atoms with van der Waals surface area (Å²) in [7, 11) is 2.82. The van der Waals surface area contributed by atoms with Gasteiger partial charge in [0.25, 0.3) is 0 Å². The Kier molecular flexibility index (Phi) is 4.42. The summed E-state index contributed by atoms with van der Waals surface area (Å²) in [5, 5.41) is 0.860. The predicted molar refractivity (Wildman–Crippen MR) is 88.8 cm³/mol. The minimum absolute atomic E-state index is 0.254. The molecule has 0 aliphatic carbocycles. The third-order valence-corrected chi connectivity index (χ3v) is 3.79. The second kappa shape index (κ2) is 6.66. The van der Waals surface area contributed by atoms with Gasteiger partial charge >= 0.3 is 5.97 Å². The van der Waals surface area contributed by atoms with Crippen molar-refractivity contribution in [3.8, 4) is 5.75 Å². The zero-order chi connectivity index (χ0) is 17.1. The van der Waals surface area contributed by atoms with Crippen LogP contribution < -0.4 is 4.74 Å². The largest absolute Gasteiger partial charge is 0.494 e. The molecule has 0 saturated heterocycles. The van der Waals surface area contributed by atoms with E-state index in [2.05, 4.69) is 4.98 Å². The number of ether oxygens (including phenoxy) is 2. The molecule has 1 heterocycles. The number of pyridine rings is 1. The lowest BCUT2D eigenvalue weighted by Crippen LogP contribution is -2.05. The Bertz CT molecular complexity index is 891. The molecule has 0 aliphatic rings. The van der Waals surface area contributed by atoms with Crippen LogP contribution in [0.25, 0.3) is 10.9 Å². The lowest BCUT2D eigenvalue weighted by molar-refractivity contribution is 0.0597. The van der Waals surface area contributed by atoms with E-state index in [-0.39, 0.29) is 5.82 Å². The van der Waals surface area contributed by atoms with Gasteiger partial charge < -0.3 is 9.47 Å². The normalized spacial score (nSPS) is 10.6. The van der Waals surface area contributed by atoms with Gasteiger partial charge in [0.1, 0.15) is 16.9 Å². The lowest BCUT2D eigenvalue weighted by atomic mass is 10.0. The van der Waals surface area contributed by atoms with E-state index in [4.69, 9.17) is 9.47 Å². The highest BCUT2D eigenvalue weighted by molar-refractivity contribution is 6.00. The van der Waals surface area contributed by atoms with Gasteiger partial charge in [0.2, 0.25) is 0 Å². The first-order valence-corrected chi connectivity index (χ1v) is 7.40. The van der Waals surface area contributed by atoms with Crippen molar-refractivity contribution in [3.05, 3.63) is 71.2 Å². The molecule has 0 unspecified atom stereocenters. The Balaban J connectivity index is 1.99. The molecule has 5 heteroatoms. The van der Waals surface area contributed by atoms with Gasteiger partial charge in [-0.25, -0.2) is 9.18 Å². The monoisotopic (exact) mass is 325 g/mol. The molecular formula is C19H16FNO3. The van der Waals surface area contributed by atoms with E-state index >= 15 is 0 Å². The van der Waals surface area contributed by atoms with Crippen LogP contribution in [0.2, 0.25) is 0 Å². The average molecular weight is 325 g/mol. The topological polar surface area (TPSA) is 48.4 Å². The molecule has 0 atom stereocenters. The molecule has 3 aromatic rings. The zero-order valence-corrected chi connectivity index (χ0v) is 13.4. The lowest BCUT2D eigenvalue weighted by Gasteiger charge is -2.11. The first kappa shape index (κ1) is 15.9. The minimum atomic E-state index is -0.467. The fraction of sp³-hybridized carbons (Fsp3) is 0.158. The summed E-state index contributed by atoms with van der Waals surface area (Å²) in [4.78, 5) is 16.2. The third kappa shape index (κ3) is 3.06. The smallest absolute Gasteiger partial charge is 0.341 e. The molecule has 0 radical (unpaired) electrons. The van der Waals surface area contributed by atoms with E-state index in [1.54, 1.807) is 24.4 Å². The van der Waals surface area contributed by atoms with Crippen LogP contribution in [0.5, 0.6) is 5.75 Å². The second-order valence-electron chi connectivity index (χ2n) is 5.36. The summed E-state index contributed by atoms with van der Waals surface area (Å²) in [6.45, 7) is 0. The van der Waals surface area contributed by atoms with Crippen molar-refractivity contribution in [2.45, 2.75) is 6.42 Å². The highest BCUT2D eigenvalue weighted by atomic mass is 19.1. The number of fused-ring (bicyclic) bond motifs is 1. The number of rotatable bonds is 4. The molecular weight excluding hydrogens is 309 g/mol. The van der Waals surface area contributed by atoms with Crippen molar-refractivity contribution in [2.24, 2.45) is 0 Å². The third-order valence-electron chi connectivity index (χ3n) is 3.79. The maximum atomic E-state index is 13.0. The van der Waals surface area contributed by atoms with Crippen LogP contribution in [0, 0.1) is 5.82 Å². The maximum Gasteiger partial charge on any atom is 0.341 e. The summed E-state index contributed by atoms with van der Waals surface area (Å²) < 4.78 is 23.1. The number of aromatic nitrogens is 1. The van der Waals surface area contributed by atoms with Crippen molar-refractivity contribution in [3.63, 3.8) is 0 Å². The van der Waals surface area contributed by atoms with Crippen molar-refractivity contribution < 1.29 is 18.7 Å². The molecule has 24 heavy (non-hydrogen) atoms. The summed E-state index contributed by atoms with van der Waals surface area (Å²) in [6.07, 6.45) is 2.37. The Morgan fingerprint density at radius 3 is 2.50 bits per heavy atom. The van der Waals surface area contributed by atoms with E-state index in [9.17, 15) is 9.18 Å². The fourth-order valence-electron chi connectivity index (χ4n) is 2.63. The van der Waals surface area contributed by atoms with E-state index in [0.29, 0.717) is 23.3 Å². The minimum Gasteiger partial charge on any atom is -0.494 e. The number of benzene rings is 2. The predicted octanol–water partition coefficient (Wildman–Crippen LogP) is 3.76. The van der Waals surface area contributed by atoms with Gasteiger partial charge in [-0.05, 0) is 41.8 Å². The summed E-state index contributed by atoms with van der Waals surface area (Å²) in [6, 6.07) is 11.8. The number of carbonyl (C=O) groups is 1. The van der Waals surface area contributed by atoms with Crippen molar-refractivity contribution in [1.82, 2.24) is 4.98 Å². The van der Waals surface area contributed by atoms with E-state index < -0.39 is 5.97 Å². The van der Waals surface area contributed by atoms with Gasteiger partial charge in [-0.15, -0.1) is 0 Å². The van der Waals surface area contributed by atoms with Crippen molar-refractivity contribution in [2.75, 3.05) is 14.2 Å². The number of hydrogen-bond acceptors (Lipinski definition) is 4. The van der Waals surface area contributed by atoms with Crippen LogP contribution in [0.3, 0.4) is 0 Å². The Labute approximate surface area is 138 Å². The van der Waals surface area contributed by atoms with E-state index in [1.807, 2.05) is 12.1 Å². The Morgan fingerprint density at radius 1 is 1.08 bits per heavy atom. The van der Waals surface area contributed by atoms with Gasteiger partial charge in [0.05, 0.1) is 14.2 Å². The molecule has 3 rings (SSSR count).